The molecule has 0 amide bonds. The third kappa shape index (κ3) is 2.60. The standard InChI is InChI=1S/C15H16N4OS/c20-14(12-5-4-10-2-1-3-11(10)8-12)9-21-15-16-17-18-19(15)13-6-7-13/h4-5,8,13H,1-3,6-7,9H2. The predicted molar refractivity (Wildman–Crippen MR) is 79.6 cm³/mol. The number of nitrogens with zero attached hydrogens (tertiary/aromatic N) is 4. The van der Waals surface area contributed by atoms with Gasteiger partial charge in [-0.25, -0.2) is 4.68 Å². The molecular formula is C15H16N4OS. The van der Waals surface area contributed by atoms with Crippen molar-refractivity contribution in [2.24, 2.45) is 0 Å². The van der Waals surface area contributed by atoms with E-state index in [1.54, 1.807) is 0 Å². The number of Topliss-reactive ketones (excluding diaryl/α,β-unsaturated/α-hetero) is 1. The topological polar surface area (TPSA) is 60.7 Å². The molecule has 2 aliphatic rings. The van der Waals surface area contributed by atoms with Gasteiger partial charge in [-0.3, -0.25) is 4.79 Å². The van der Waals surface area contributed by atoms with Gasteiger partial charge in [-0.1, -0.05) is 23.9 Å². The van der Waals surface area contributed by atoms with Gasteiger partial charge in [0.25, 0.3) is 0 Å². The molecule has 21 heavy (non-hydrogen) atoms. The number of fused-ring (bicyclic) bond motifs is 1. The minimum absolute atomic E-state index is 0.153. The molecule has 1 fully saturated rings. The maximum atomic E-state index is 12.3. The molecule has 6 heteroatoms. The summed E-state index contributed by atoms with van der Waals surface area (Å²) in [5.74, 6) is 0.548. The van der Waals surface area contributed by atoms with E-state index < -0.39 is 0 Å². The van der Waals surface area contributed by atoms with Crippen LogP contribution < -0.4 is 0 Å². The number of benzene rings is 1. The van der Waals surface area contributed by atoms with Crippen LogP contribution >= 0.6 is 11.8 Å². The maximum absolute atomic E-state index is 12.3. The second-order valence-corrected chi connectivity index (χ2v) is 6.63. The monoisotopic (exact) mass is 300 g/mol. The van der Waals surface area contributed by atoms with Crippen molar-refractivity contribution in [1.82, 2.24) is 20.2 Å². The highest BCUT2D eigenvalue weighted by atomic mass is 32.2. The Morgan fingerprint density at radius 2 is 2.14 bits per heavy atom. The Hall–Kier alpha value is -1.69. The first kappa shape index (κ1) is 13.0. The zero-order valence-electron chi connectivity index (χ0n) is 11.7. The molecule has 108 valence electrons. The van der Waals surface area contributed by atoms with Crippen molar-refractivity contribution in [3.05, 3.63) is 34.9 Å². The van der Waals surface area contributed by atoms with Gasteiger partial charge in [-0.2, -0.15) is 0 Å². The van der Waals surface area contributed by atoms with Crippen LogP contribution in [0.5, 0.6) is 0 Å². The van der Waals surface area contributed by atoms with Gasteiger partial charge in [0.2, 0.25) is 5.16 Å². The minimum Gasteiger partial charge on any atom is -0.293 e. The highest BCUT2D eigenvalue weighted by Crippen LogP contribution is 2.36. The van der Waals surface area contributed by atoms with E-state index >= 15 is 0 Å². The number of aryl methyl sites for hydroxylation is 2. The molecule has 0 radical (unpaired) electrons. The largest absolute Gasteiger partial charge is 0.293 e. The van der Waals surface area contributed by atoms with Crippen LogP contribution in [-0.2, 0) is 12.8 Å². The molecule has 0 atom stereocenters. The Bertz CT molecular complexity index is 693. The first-order valence-electron chi connectivity index (χ1n) is 7.37. The number of thioether (sulfide) groups is 1. The van der Waals surface area contributed by atoms with Gasteiger partial charge in [0.15, 0.2) is 5.78 Å². The first-order chi connectivity index (χ1) is 10.3. The van der Waals surface area contributed by atoms with Gasteiger partial charge in [-0.05, 0) is 59.7 Å². The van der Waals surface area contributed by atoms with Crippen LogP contribution in [0.4, 0.5) is 0 Å². The van der Waals surface area contributed by atoms with Gasteiger partial charge >= 0.3 is 0 Å². The van der Waals surface area contributed by atoms with Crippen LogP contribution in [0.3, 0.4) is 0 Å². The van der Waals surface area contributed by atoms with Crippen LogP contribution in [0.1, 0.15) is 46.8 Å². The van der Waals surface area contributed by atoms with E-state index in [-0.39, 0.29) is 5.78 Å². The molecule has 1 aromatic heterocycles. The minimum atomic E-state index is 0.153. The fourth-order valence-electron chi connectivity index (χ4n) is 2.79. The summed E-state index contributed by atoms with van der Waals surface area (Å²) in [5.41, 5.74) is 3.55. The lowest BCUT2D eigenvalue weighted by Crippen LogP contribution is -2.05. The molecule has 0 N–H and O–H groups in total. The van der Waals surface area contributed by atoms with Crippen molar-refractivity contribution in [3.8, 4) is 0 Å². The summed E-state index contributed by atoms with van der Waals surface area (Å²) < 4.78 is 1.85. The van der Waals surface area contributed by atoms with E-state index in [0.717, 1.165) is 36.4 Å². The highest BCUT2D eigenvalue weighted by molar-refractivity contribution is 7.99. The van der Waals surface area contributed by atoms with Crippen LogP contribution in [0.15, 0.2) is 23.4 Å². The van der Waals surface area contributed by atoms with E-state index in [1.807, 2.05) is 10.7 Å². The molecule has 4 rings (SSSR count). The van der Waals surface area contributed by atoms with Crippen molar-refractivity contribution < 1.29 is 4.79 Å². The molecule has 2 aliphatic carbocycles. The number of hydrogen-bond donors (Lipinski definition) is 0. The van der Waals surface area contributed by atoms with Crippen LogP contribution in [-0.4, -0.2) is 31.7 Å². The van der Waals surface area contributed by atoms with Gasteiger partial charge in [0.1, 0.15) is 0 Å². The SMILES string of the molecule is O=C(CSc1nnnn1C1CC1)c1ccc2c(c1)CCC2. The van der Waals surface area contributed by atoms with Crippen LogP contribution in [0.2, 0.25) is 0 Å². The third-order valence-corrected chi connectivity index (χ3v) is 5.04. The van der Waals surface area contributed by atoms with Crippen molar-refractivity contribution >= 4 is 17.5 Å². The van der Waals surface area contributed by atoms with E-state index in [1.165, 1.54) is 29.3 Å². The fourth-order valence-corrected chi connectivity index (χ4v) is 3.63. The van der Waals surface area contributed by atoms with E-state index in [2.05, 4.69) is 27.7 Å². The summed E-state index contributed by atoms with van der Waals surface area (Å²) in [6.07, 6.45) is 5.73. The highest BCUT2D eigenvalue weighted by Gasteiger charge is 2.28. The number of tetrazole rings is 1. The molecule has 0 saturated heterocycles. The van der Waals surface area contributed by atoms with Gasteiger partial charge in [-0.15, -0.1) is 5.10 Å². The summed E-state index contributed by atoms with van der Waals surface area (Å²) in [6.45, 7) is 0. The smallest absolute Gasteiger partial charge is 0.210 e. The summed E-state index contributed by atoms with van der Waals surface area (Å²) in [5, 5.41) is 12.5. The van der Waals surface area contributed by atoms with E-state index in [0.29, 0.717) is 11.8 Å². The van der Waals surface area contributed by atoms with E-state index in [4.69, 9.17) is 0 Å². The Labute approximate surface area is 127 Å². The second kappa shape index (κ2) is 5.26. The summed E-state index contributed by atoms with van der Waals surface area (Å²) >= 11 is 1.44. The lowest BCUT2D eigenvalue weighted by Gasteiger charge is -2.04. The molecule has 0 bridgehead atoms. The zero-order valence-corrected chi connectivity index (χ0v) is 12.5. The summed E-state index contributed by atoms with van der Waals surface area (Å²) in [7, 11) is 0. The molecule has 0 spiro atoms. The van der Waals surface area contributed by atoms with Gasteiger partial charge in [0, 0.05) is 5.56 Å². The number of carbonyl (C=O) groups is 1. The number of hydrogen-bond acceptors (Lipinski definition) is 5. The molecule has 1 saturated carbocycles. The van der Waals surface area contributed by atoms with Crippen molar-refractivity contribution in [2.45, 2.75) is 43.3 Å². The van der Waals surface area contributed by atoms with Crippen molar-refractivity contribution in [2.75, 3.05) is 5.75 Å². The lowest BCUT2D eigenvalue weighted by atomic mass is 10.0. The lowest BCUT2D eigenvalue weighted by molar-refractivity contribution is 0.102. The Balaban J connectivity index is 1.44. The first-order valence-corrected chi connectivity index (χ1v) is 8.35. The molecule has 0 unspecified atom stereocenters. The number of ketones is 1. The summed E-state index contributed by atoms with van der Waals surface area (Å²) in [4.78, 5) is 12.3. The molecule has 2 aromatic rings. The number of rotatable bonds is 5. The molecule has 1 heterocycles. The van der Waals surface area contributed by atoms with Crippen molar-refractivity contribution in [3.63, 3.8) is 0 Å². The average molecular weight is 300 g/mol. The second-order valence-electron chi connectivity index (χ2n) is 5.69. The van der Waals surface area contributed by atoms with Gasteiger partial charge in [0.05, 0.1) is 11.8 Å². The quantitative estimate of drug-likeness (QED) is 0.627. The van der Waals surface area contributed by atoms with E-state index in [9.17, 15) is 4.79 Å². The Morgan fingerprint density at radius 3 is 3.00 bits per heavy atom. The zero-order chi connectivity index (χ0) is 14.2. The average Bonchev–Trinajstić information content (AvgIpc) is 3.06. The fraction of sp³-hybridized carbons (Fsp3) is 0.467. The Kier molecular flexibility index (Phi) is 3.25. The molecule has 0 aliphatic heterocycles. The maximum Gasteiger partial charge on any atom is 0.210 e. The molecular weight excluding hydrogens is 284 g/mol. The molecule has 5 nitrogen and oxygen atoms in total. The van der Waals surface area contributed by atoms with Crippen LogP contribution in [0.25, 0.3) is 0 Å². The third-order valence-electron chi connectivity index (χ3n) is 4.11. The number of carbonyl (C=O) groups excluding carboxylic acids is 1. The number of aromatic nitrogens is 4. The summed E-state index contributed by atoms with van der Waals surface area (Å²) in [6, 6.07) is 6.57. The Morgan fingerprint density at radius 1 is 1.29 bits per heavy atom. The predicted octanol–water partition coefficient (Wildman–Crippen LogP) is 2.47. The van der Waals surface area contributed by atoms with Crippen LogP contribution in [0, 0.1) is 0 Å². The normalized spacial score (nSPS) is 17.0. The van der Waals surface area contributed by atoms with Gasteiger partial charge < -0.3 is 0 Å². The molecule has 1 aromatic carbocycles. The van der Waals surface area contributed by atoms with Crippen molar-refractivity contribution in [1.29, 1.82) is 0 Å².